The SMILES string of the molecule is C=CN1CC(C)CC1=O. The Labute approximate surface area is 55.2 Å². The van der Waals surface area contributed by atoms with Crippen molar-refractivity contribution in [3.8, 4) is 0 Å². The lowest BCUT2D eigenvalue weighted by molar-refractivity contribution is -0.125. The Hall–Kier alpha value is -0.790. The van der Waals surface area contributed by atoms with E-state index in [0.717, 1.165) is 6.54 Å². The normalized spacial score (nSPS) is 27.0. The second-order valence-electron chi connectivity index (χ2n) is 2.54. The van der Waals surface area contributed by atoms with Crippen molar-refractivity contribution in [3.63, 3.8) is 0 Å². The van der Waals surface area contributed by atoms with Gasteiger partial charge >= 0.3 is 0 Å². The van der Waals surface area contributed by atoms with Gasteiger partial charge in [0.25, 0.3) is 0 Å². The maximum Gasteiger partial charge on any atom is 0.226 e. The van der Waals surface area contributed by atoms with E-state index >= 15 is 0 Å². The molecule has 9 heavy (non-hydrogen) atoms. The lowest BCUT2D eigenvalue weighted by Crippen LogP contribution is -2.17. The van der Waals surface area contributed by atoms with Crippen molar-refractivity contribution in [1.82, 2.24) is 4.90 Å². The molecule has 1 aliphatic heterocycles. The molecule has 0 aliphatic carbocycles. The molecule has 2 nitrogen and oxygen atoms in total. The van der Waals surface area contributed by atoms with Crippen LogP contribution in [0.1, 0.15) is 13.3 Å². The fourth-order valence-electron chi connectivity index (χ4n) is 1.09. The van der Waals surface area contributed by atoms with Gasteiger partial charge in [-0.25, -0.2) is 0 Å². The first-order valence-corrected chi connectivity index (χ1v) is 3.16. The average Bonchev–Trinajstić information content (AvgIpc) is 2.10. The van der Waals surface area contributed by atoms with E-state index in [-0.39, 0.29) is 5.91 Å². The summed E-state index contributed by atoms with van der Waals surface area (Å²) in [6.07, 6.45) is 2.29. The largest absolute Gasteiger partial charge is 0.319 e. The minimum absolute atomic E-state index is 0.206. The van der Waals surface area contributed by atoms with Crippen molar-refractivity contribution in [2.45, 2.75) is 13.3 Å². The zero-order valence-corrected chi connectivity index (χ0v) is 5.63. The van der Waals surface area contributed by atoms with E-state index in [4.69, 9.17) is 0 Å². The Balaban J connectivity index is 2.57. The van der Waals surface area contributed by atoms with Crippen molar-refractivity contribution < 1.29 is 4.79 Å². The topological polar surface area (TPSA) is 20.3 Å². The van der Waals surface area contributed by atoms with Crippen LogP contribution in [0.5, 0.6) is 0 Å². The molecule has 0 saturated carbocycles. The van der Waals surface area contributed by atoms with Crippen molar-refractivity contribution in [3.05, 3.63) is 12.8 Å². The molecule has 1 fully saturated rings. The minimum Gasteiger partial charge on any atom is -0.319 e. The van der Waals surface area contributed by atoms with Gasteiger partial charge in [0.15, 0.2) is 0 Å². The van der Waals surface area contributed by atoms with Crippen LogP contribution >= 0.6 is 0 Å². The average molecular weight is 125 g/mol. The summed E-state index contributed by atoms with van der Waals surface area (Å²) in [5.74, 6) is 0.716. The van der Waals surface area contributed by atoms with Gasteiger partial charge in [0.05, 0.1) is 0 Å². The van der Waals surface area contributed by atoms with Crippen molar-refractivity contribution in [2.24, 2.45) is 5.92 Å². The zero-order chi connectivity index (χ0) is 6.85. The first kappa shape index (κ1) is 6.33. The maximum absolute atomic E-state index is 10.9. The summed E-state index contributed by atoms with van der Waals surface area (Å²) in [6.45, 7) is 6.45. The summed E-state index contributed by atoms with van der Waals surface area (Å²) in [7, 11) is 0. The number of likely N-dealkylation sites (tertiary alicyclic amines) is 1. The monoisotopic (exact) mass is 125 g/mol. The van der Waals surface area contributed by atoms with Gasteiger partial charge in [-0.1, -0.05) is 13.5 Å². The van der Waals surface area contributed by atoms with E-state index in [1.54, 1.807) is 11.1 Å². The highest BCUT2D eigenvalue weighted by atomic mass is 16.2. The van der Waals surface area contributed by atoms with E-state index in [1.165, 1.54) is 0 Å². The number of nitrogens with zero attached hydrogens (tertiary/aromatic N) is 1. The Kier molecular flexibility index (Phi) is 1.56. The van der Waals surface area contributed by atoms with Crippen LogP contribution in [-0.2, 0) is 4.79 Å². The van der Waals surface area contributed by atoms with E-state index in [2.05, 4.69) is 13.5 Å². The number of hydrogen-bond donors (Lipinski definition) is 0. The Morgan fingerprint density at radius 1 is 1.89 bits per heavy atom. The molecular formula is C7H11NO. The molecule has 1 rings (SSSR count). The summed E-state index contributed by atoms with van der Waals surface area (Å²) < 4.78 is 0. The fourth-order valence-corrected chi connectivity index (χ4v) is 1.09. The quantitative estimate of drug-likeness (QED) is 0.512. The number of carbonyl (C=O) groups excluding carboxylic acids is 1. The van der Waals surface area contributed by atoms with Gasteiger partial charge in [-0.05, 0) is 12.1 Å². The van der Waals surface area contributed by atoms with Gasteiger partial charge in [-0.2, -0.15) is 0 Å². The molecule has 1 aliphatic rings. The third-order valence-electron chi connectivity index (χ3n) is 1.57. The molecule has 0 aromatic carbocycles. The van der Waals surface area contributed by atoms with Gasteiger partial charge in [-0.3, -0.25) is 4.79 Å². The van der Waals surface area contributed by atoms with Crippen molar-refractivity contribution >= 4 is 5.91 Å². The maximum atomic E-state index is 10.9. The second-order valence-corrected chi connectivity index (χ2v) is 2.54. The summed E-state index contributed by atoms with van der Waals surface area (Å²) in [6, 6.07) is 0. The number of hydrogen-bond acceptors (Lipinski definition) is 1. The van der Waals surface area contributed by atoms with Crippen LogP contribution in [0, 0.1) is 5.92 Å². The summed E-state index contributed by atoms with van der Waals surface area (Å²) in [4.78, 5) is 12.5. The van der Waals surface area contributed by atoms with E-state index in [1.807, 2.05) is 0 Å². The van der Waals surface area contributed by atoms with E-state index in [9.17, 15) is 4.79 Å². The molecule has 0 aromatic rings. The van der Waals surface area contributed by atoms with Gasteiger partial charge < -0.3 is 4.90 Å². The molecular weight excluding hydrogens is 114 g/mol. The van der Waals surface area contributed by atoms with Crippen molar-refractivity contribution in [2.75, 3.05) is 6.54 Å². The van der Waals surface area contributed by atoms with Crippen LogP contribution in [0.3, 0.4) is 0 Å². The second kappa shape index (κ2) is 2.21. The van der Waals surface area contributed by atoms with Crippen LogP contribution in [0.15, 0.2) is 12.8 Å². The van der Waals surface area contributed by atoms with Gasteiger partial charge in [0, 0.05) is 13.0 Å². The first-order chi connectivity index (χ1) is 4.24. The van der Waals surface area contributed by atoms with Crippen LogP contribution in [0.4, 0.5) is 0 Å². The van der Waals surface area contributed by atoms with E-state index in [0.29, 0.717) is 12.3 Å². The Morgan fingerprint density at radius 2 is 2.56 bits per heavy atom. The smallest absolute Gasteiger partial charge is 0.226 e. The third kappa shape index (κ3) is 1.12. The predicted octanol–water partition coefficient (Wildman–Crippen LogP) is 0.998. The summed E-state index contributed by atoms with van der Waals surface area (Å²) >= 11 is 0. The molecule has 1 atom stereocenters. The molecule has 0 N–H and O–H groups in total. The molecule has 0 spiro atoms. The lowest BCUT2D eigenvalue weighted by atomic mass is 10.2. The molecule has 2 heteroatoms. The number of amides is 1. The van der Waals surface area contributed by atoms with Crippen LogP contribution < -0.4 is 0 Å². The van der Waals surface area contributed by atoms with Crippen LogP contribution in [0.2, 0.25) is 0 Å². The van der Waals surface area contributed by atoms with Gasteiger partial charge in [0.2, 0.25) is 5.91 Å². The molecule has 1 unspecified atom stereocenters. The molecule has 50 valence electrons. The highest BCUT2D eigenvalue weighted by molar-refractivity contribution is 5.79. The summed E-state index contributed by atoms with van der Waals surface area (Å²) in [5.41, 5.74) is 0. The first-order valence-electron chi connectivity index (χ1n) is 3.16. The highest BCUT2D eigenvalue weighted by Gasteiger charge is 2.23. The number of rotatable bonds is 1. The standard InChI is InChI=1S/C7H11NO/c1-3-8-5-6(2)4-7(8)9/h3,6H,1,4-5H2,2H3. The van der Waals surface area contributed by atoms with Crippen LogP contribution in [-0.4, -0.2) is 17.4 Å². The van der Waals surface area contributed by atoms with E-state index < -0.39 is 0 Å². The molecule has 1 heterocycles. The fraction of sp³-hybridized carbons (Fsp3) is 0.571. The third-order valence-corrected chi connectivity index (χ3v) is 1.57. The number of carbonyl (C=O) groups is 1. The summed E-state index contributed by atoms with van der Waals surface area (Å²) in [5, 5.41) is 0. The molecule has 1 saturated heterocycles. The Bertz CT molecular complexity index is 142. The lowest BCUT2D eigenvalue weighted by Gasteiger charge is -2.06. The molecule has 0 radical (unpaired) electrons. The van der Waals surface area contributed by atoms with Crippen molar-refractivity contribution in [1.29, 1.82) is 0 Å². The zero-order valence-electron chi connectivity index (χ0n) is 5.63. The highest BCUT2D eigenvalue weighted by Crippen LogP contribution is 2.15. The van der Waals surface area contributed by atoms with Gasteiger partial charge in [-0.15, -0.1) is 0 Å². The molecule has 0 aromatic heterocycles. The van der Waals surface area contributed by atoms with Gasteiger partial charge in [0.1, 0.15) is 0 Å². The molecule has 1 amide bonds. The van der Waals surface area contributed by atoms with Crippen LogP contribution in [0.25, 0.3) is 0 Å². The minimum atomic E-state index is 0.206. The molecule has 0 bridgehead atoms. The Morgan fingerprint density at radius 3 is 2.78 bits per heavy atom. The predicted molar refractivity (Wildman–Crippen MR) is 35.7 cm³/mol.